The second-order valence-corrected chi connectivity index (χ2v) is 12.0. The van der Waals surface area contributed by atoms with Gasteiger partial charge in [0.25, 0.3) is 5.56 Å². The number of aromatic nitrogens is 1. The molecule has 0 bridgehead atoms. The Kier molecular flexibility index (Phi) is 9.22. The number of nitrogens with zero attached hydrogens (tertiary/aromatic N) is 2. The van der Waals surface area contributed by atoms with E-state index in [4.69, 9.17) is 37.4 Å². The van der Waals surface area contributed by atoms with Gasteiger partial charge in [0.1, 0.15) is 18.1 Å². The summed E-state index contributed by atoms with van der Waals surface area (Å²) < 4.78 is 19.5. The number of thiazole rings is 1. The van der Waals surface area contributed by atoms with E-state index in [1.165, 1.54) is 15.9 Å². The molecule has 216 valence electrons. The van der Waals surface area contributed by atoms with Crippen LogP contribution in [0.4, 0.5) is 0 Å². The molecule has 0 aliphatic carbocycles. The van der Waals surface area contributed by atoms with E-state index in [0.717, 1.165) is 5.56 Å². The van der Waals surface area contributed by atoms with Gasteiger partial charge in [0, 0.05) is 15.6 Å². The van der Waals surface area contributed by atoms with Crippen molar-refractivity contribution >= 4 is 62.5 Å². The highest BCUT2D eigenvalue weighted by Gasteiger charge is 2.33. The molecule has 11 heteroatoms. The van der Waals surface area contributed by atoms with Crippen molar-refractivity contribution in [3.63, 3.8) is 0 Å². The third-order valence-electron chi connectivity index (χ3n) is 6.55. The molecule has 0 unspecified atom stereocenters. The number of esters is 1. The summed E-state index contributed by atoms with van der Waals surface area (Å²) in [5.41, 5.74) is 2.68. The molecule has 1 atom stereocenters. The Morgan fingerprint density at radius 3 is 2.57 bits per heavy atom. The fourth-order valence-corrected chi connectivity index (χ4v) is 6.64. The molecule has 7 nitrogen and oxygen atoms in total. The summed E-state index contributed by atoms with van der Waals surface area (Å²) in [4.78, 5) is 32.3. The zero-order chi connectivity index (χ0) is 30.0. The number of fused-ring (bicyclic) bond motifs is 1. The second kappa shape index (κ2) is 12.9. The van der Waals surface area contributed by atoms with Gasteiger partial charge < -0.3 is 14.2 Å². The van der Waals surface area contributed by atoms with E-state index < -0.39 is 12.0 Å². The SMILES string of the molecule is CCOC(=O)C1=C(C)N=c2s/c(=C/c3cc(Cl)ccc3OCc3cccc(Cl)c3)c(=O)n2[C@H]1c1ccc(OC)c(Br)c1. The molecule has 1 aromatic heterocycles. The second-order valence-electron chi connectivity index (χ2n) is 9.30. The van der Waals surface area contributed by atoms with Crippen molar-refractivity contribution in [2.24, 2.45) is 4.99 Å². The smallest absolute Gasteiger partial charge is 0.338 e. The minimum absolute atomic E-state index is 0.186. The fraction of sp³-hybridized carbons (Fsp3) is 0.194. The van der Waals surface area contributed by atoms with Gasteiger partial charge in [-0.05, 0) is 89.4 Å². The van der Waals surface area contributed by atoms with Crippen LogP contribution in [-0.2, 0) is 16.1 Å². The molecule has 4 aromatic rings. The normalized spacial score (nSPS) is 14.8. The third-order valence-corrected chi connectivity index (χ3v) is 8.62. The fourth-order valence-electron chi connectivity index (χ4n) is 4.65. The van der Waals surface area contributed by atoms with Crippen molar-refractivity contribution in [2.45, 2.75) is 26.5 Å². The topological polar surface area (TPSA) is 79.1 Å². The molecular weight excluding hydrogens is 663 g/mol. The van der Waals surface area contributed by atoms with E-state index in [1.54, 1.807) is 57.4 Å². The Morgan fingerprint density at radius 1 is 1.10 bits per heavy atom. The number of carbonyl (C=O) groups excluding carboxylic acids is 1. The molecule has 3 aromatic carbocycles. The van der Waals surface area contributed by atoms with Crippen molar-refractivity contribution in [1.82, 2.24) is 4.57 Å². The van der Waals surface area contributed by atoms with Crippen molar-refractivity contribution in [2.75, 3.05) is 13.7 Å². The minimum atomic E-state index is -0.762. The van der Waals surface area contributed by atoms with Crippen LogP contribution in [-0.4, -0.2) is 24.3 Å². The van der Waals surface area contributed by atoms with Crippen LogP contribution in [0, 0.1) is 0 Å². The number of rotatable bonds is 8. The van der Waals surface area contributed by atoms with Crippen molar-refractivity contribution in [3.05, 3.63) is 123 Å². The summed E-state index contributed by atoms with van der Waals surface area (Å²) in [5.74, 6) is 0.636. The van der Waals surface area contributed by atoms with Gasteiger partial charge in [-0.2, -0.15) is 0 Å². The van der Waals surface area contributed by atoms with Gasteiger partial charge in [-0.25, -0.2) is 9.79 Å². The highest BCUT2D eigenvalue weighted by molar-refractivity contribution is 9.10. The van der Waals surface area contributed by atoms with Gasteiger partial charge in [0.15, 0.2) is 4.80 Å². The summed E-state index contributed by atoms with van der Waals surface area (Å²) in [5, 5.41) is 1.11. The average molecular weight is 688 g/mol. The first kappa shape index (κ1) is 30.1. The third kappa shape index (κ3) is 6.20. The molecule has 5 rings (SSSR count). The van der Waals surface area contributed by atoms with Gasteiger partial charge in [-0.15, -0.1) is 0 Å². The molecule has 42 heavy (non-hydrogen) atoms. The molecule has 1 aliphatic heterocycles. The zero-order valence-corrected chi connectivity index (χ0v) is 26.7. The predicted octanol–water partition coefficient (Wildman–Crippen LogP) is 6.46. The maximum Gasteiger partial charge on any atom is 0.338 e. The van der Waals surface area contributed by atoms with E-state index in [-0.39, 0.29) is 18.8 Å². The number of hydrogen-bond donors (Lipinski definition) is 0. The number of ether oxygens (including phenoxy) is 3. The van der Waals surface area contributed by atoms with Crippen molar-refractivity contribution < 1.29 is 19.0 Å². The van der Waals surface area contributed by atoms with Gasteiger partial charge in [0.2, 0.25) is 0 Å². The van der Waals surface area contributed by atoms with Crippen LogP contribution in [0.5, 0.6) is 11.5 Å². The largest absolute Gasteiger partial charge is 0.496 e. The van der Waals surface area contributed by atoms with Crippen molar-refractivity contribution in [3.8, 4) is 11.5 Å². The molecule has 0 saturated heterocycles. The first-order valence-electron chi connectivity index (χ1n) is 12.9. The lowest BCUT2D eigenvalue weighted by Crippen LogP contribution is -2.40. The number of carbonyl (C=O) groups is 1. The number of halogens is 3. The van der Waals surface area contributed by atoms with E-state index in [9.17, 15) is 9.59 Å². The summed E-state index contributed by atoms with van der Waals surface area (Å²) in [7, 11) is 1.57. The van der Waals surface area contributed by atoms with E-state index >= 15 is 0 Å². The Hall–Kier alpha value is -3.37. The lowest BCUT2D eigenvalue weighted by Gasteiger charge is -2.25. The number of hydrogen-bond acceptors (Lipinski definition) is 7. The van der Waals surface area contributed by atoms with Gasteiger partial charge in [0.05, 0.1) is 40.0 Å². The standard InChI is InChI=1S/C31H25BrCl2N2O5S/c1-4-40-30(38)27-17(2)35-31-36(28(27)19-8-10-25(39-3)23(32)14-19)29(37)26(42-31)15-20-13-22(34)9-11-24(20)41-16-18-6-5-7-21(33)12-18/h5-15,28H,4,16H2,1-3H3/b26-15+/t28-/m0/s1. The van der Waals surface area contributed by atoms with E-state index in [2.05, 4.69) is 20.9 Å². The summed E-state index contributed by atoms with van der Waals surface area (Å²) in [6.45, 7) is 3.94. The van der Waals surface area contributed by atoms with E-state index in [1.807, 2.05) is 30.3 Å². The van der Waals surface area contributed by atoms with E-state index in [0.29, 0.717) is 57.7 Å². The van der Waals surface area contributed by atoms with Gasteiger partial charge in [-0.1, -0.05) is 52.7 Å². The van der Waals surface area contributed by atoms with Crippen LogP contribution in [0.1, 0.15) is 36.6 Å². The molecule has 0 fully saturated rings. The van der Waals surface area contributed by atoms with Crippen LogP contribution in [0.25, 0.3) is 6.08 Å². The Labute approximate surface area is 264 Å². The van der Waals surface area contributed by atoms with Crippen LogP contribution >= 0.6 is 50.5 Å². The highest BCUT2D eigenvalue weighted by atomic mass is 79.9. The first-order chi connectivity index (χ1) is 20.2. The Bertz CT molecular complexity index is 1900. The highest BCUT2D eigenvalue weighted by Crippen LogP contribution is 2.35. The molecule has 0 N–H and O–H groups in total. The molecule has 0 amide bonds. The van der Waals surface area contributed by atoms with Crippen LogP contribution < -0.4 is 24.4 Å². The molecule has 1 aliphatic rings. The van der Waals surface area contributed by atoms with Crippen LogP contribution in [0.2, 0.25) is 10.0 Å². The average Bonchev–Trinajstić information content (AvgIpc) is 3.25. The quantitative estimate of drug-likeness (QED) is 0.199. The number of methoxy groups -OCH3 is 1. The Balaban J connectivity index is 1.63. The monoisotopic (exact) mass is 686 g/mol. The summed E-state index contributed by atoms with van der Waals surface area (Å²) in [6, 6.07) is 17.3. The lowest BCUT2D eigenvalue weighted by atomic mass is 9.96. The summed E-state index contributed by atoms with van der Waals surface area (Å²) >= 11 is 17.2. The van der Waals surface area contributed by atoms with Crippen molar-refractivity contribution in [1.29, 1.82) is 0 Å². The first-order valence-corrected chi connectivity index (χ1v) is 15.3. The predicted molar refractivity (Wildman–Crippen MR) is 168 cm³/mol. The van der Waals surface area contributed by atoms with Crippen LogP contribution in [0.3, 0.4) is 0 Å². The van der Waals surface area contributed by atoms with Gasteiger partial charge in [-0.3, -0.25) is 9.36 Å². The maximum atomic E-state index is 14.0. The maximum absolute atomic E-state index is 14.0. The van der Waals surface area contributed by atoms with Crippen LogP contribution in [0.15, 0.2) is 86.2 Å². The van der Waals surface area contributed by atoms with Gasteiger partial charge >= 0.3 is 5.97 Å². The number of allylic oxidation sites excluding steroid dienone is 1. The summed E-state index contributed by atoms with van der Waals surface area (Å²) in [6.07, 6.45) is 1.73. The molecule has 0 saturated carbocycles. The minimum Gasteiger partial charge on any atom is -0.496 e. The molecule has 2 heterocycles. The molecular formula is C31H25BrCl2N2O5S. The molecule has 0 radical (unpaired) electrons. The number of benzene rings is 3. The lowest BCUT2D eigenvalue weighted by molar-refractivity contribution is -0.139. The zero-order valence-electron chi connectivity index (χ0n) is 22.8. The molecule has 0 spiro atoms. The Morgan fingerprint density at radius 2 is 1.86 bits per heavy atom.